The van der Waals surface area contributed by atoms with E-state index in [1.807, 2.05) is 0 Å². The molecule has 178 valence electrons. The van der Waals surface area contributed by atoms with Crippen molar-refractivity contribution in [2.45, 2.75) is 6.92 Å². The van der Waals surface area contributed by atoms with Crippen LogP contribution in [0.2, 0.25) is 0 Å². The van der Waals surface area contributed by atoms with Gasteiger partial charge in [-0.1, -0.05) is 60.7 Å². The van der Waals surface area contributed by atoms with Crippen molar-refractivity contribution in [1.29, 1.82) is 0 Å². The van der Waals surface area contributed by atoms with Crippen LogP contribution in [0.4, 0.5) is 15.3 Å². The molecule has 0 atom stereocenters. The Morgan fingerprint density at radius 3 is 1.91 bits per heavy atom. The van der Waals surface area contributed by atoms with Gasteiger partial charge in [-0.2, -0.15) is 0 Å². The summed E-state index contributed by atoms with van der Waals surface area (Å²) in [5.74, 6) is -3.61. The van der Waals surface area contributed by atoms with Crippen LogP contribution in [0.3, 0.4) is 0 Å². The molecule has 0 fully saturated rings. The predicted octanol–water partition coefficient (Wildman–Crippen LogP) is 4.65. The fourth-order valence-corrected chi connectivity index (χ4v) is 3.19. The van der Waals surface area contributed by atoms with Crippen molar-refractivity contribution in [2.24, 2.45) is 0 Å². The van der Waals surface area contributed by atoms with Crippen LogP contribution in [0.5, 0.6) is 11.5 Å². The van der Waals surface area contributed by atoms with E-state index in [1.54, 1.807) is 12.1 Å². The predicted molar refractivity (Wildman–Crippen MR) is 119 cm³/mol. The van der Waals surface area contributed by atoms with Gasteiger partial charge in [0.2, 0.25) is 5.78 Å². The molecule has 3 aromatic carbocycles. The molecule has 0 unspecified atom stereocenters. The van der Waals surface area contributed by atoms with Gasteiger partial charge in [0.25, 0.3) is 5.75 Å². The van der Waals surface area contributed by atoms with E-state index in [2.05, 4.69) is 9.47 Å². The summed E-state index contributed by atoms with van der Waals surface area (Å²) >= 11 is 0. The number of rotatable bonds is 8. The lowest BCUT2D eigenvalue weighted by atomic mass is 9.91. The number of ketones is 2. The lowest BCUT2D eigenvalue weighted by Crippen LogP contribution is -2.19. The molecule has 0 amide bonds. The number of carbonyl (C=O) groups is 4. The summed E-state index contributed by atoms with van der Waals surface area (Å²) in [4.78, 5) is 61.2. The minimum atomic E-state index is -1.91. The van der Waals surface area contributed by atoms with E-state index in [0.717, 1.165) is 6.07 Å². The molecule has 0 aromatic heterocycles. The van der Waals surface area contributed by atoms with Gasteiger partial charge < -0.3 is 19.3 Å². The molecule has 11 heteroatoms. The van der Waals surface area contributed by atoms with E-state index in [9.17, 15) is 29.3 Å². The molecule has 0 aliphatic heterocycles. The largest absolute Gasteiger partial charge is 0.514 e. The summed E-state index contributed by atoms with van der Waals surface area (Å²) in [5, 5.41) is 21.3. The van der Waals surface area contributed by atoms with Gasteiger partial charge in [0.05, 0.1) is 11.5 Å². The van der Waals surface area contributed by atoms with Crippen LogP contribution >= 0.6 is 0 Å². The van der Waals surface area contributed by atoms with Crippen molar-refractivity contribution in [3.05, 3.63) is 99.1 Å². The molecule has 0 bridgehead atoms. The molecular weight excluding hydrogens is 462 g/mol. The van der Waals surface area contributed by atoms with Crippen molar-refractivity contribution in [1.82, 2.24) is 0 Å². The summed E-state index contributed by atoms with van der Waals surface area (Å²) in [6.07, 6.45) is -3.32. The molecule has 0 aliphatic rings. The average molecular weight is 479 g/mol. The normalized spacial score (nSPS) is 10.2. The van der Waals surface area contributed by atoms with Crippen molar-refractivity contribution in [3.8, 4) is 11.5 Å². The molecule has 0 saturated heterocycles. The van der Waals surface area contributed by atoms with Gasteiger partial charge in [-0.25, -0.2) is 9.59 Å². The van der Waals surface area contributed by atoms with E-state index in [4.69, 9.17) is 9.84 Å². The molecule has 0 spiro atoms. The maximum Gasteiger partial charge on any atom is 0.514 e. The number of hydrogen-bond donors (Lipinski definition) is 1. The molecule has 0 radical (unpaired) electrons. The first kappa shape index (κ1) is 24.6. The van der Waals surface area contributed by atoms with E-state index in [-0.39, 0.29) is 17.7 Å². The third-order valence-electron chi connectivity index (χ3n) is 4.59. The minimum Gasteiger partial charge on any atom is -0.449 e. The highest BCUT2D eigenvalue weighted by atomic mass is 16.7. The SMILES string of the molecule is CCOC(=O)Oc1c(OC(=O)O)cc(C(=O)c2ccccc2)c(C(=O)c2ccccc2)c1[N+](=O)[O-]. The third kappa shape index (κ3) is 5.47. The Bertz CT molecular complexity index is 1300. The fourth-order valence-electron chi connectivity index (χ4n) is 3.19. The molecule has 0 saturated carbocycles. The van der Waals surface area contributed by atoms with Crippen molar-refractivity contribution in [3.63, 3.8) is 0 Å². The number of nitrogens with zero attached hydrogens (tertiary/aromatic N) is 1. The molecule has 11 nitrogen and oxygen atoms in total. The summed E-state index contributed by atoms with van der Waals surface area (Å²) < 4.78 is 14.1. The Labute approximate surface area is 197 Å². The maximum absolute atomic E-state index is 13.4. The monoisotopic (exact) mass is 479 g/mol. The number of nitro groups is 1. The molecule has 3 rings (SSSR count). The highest BCUT2D eigenvalue weighted by molar-refractivity contribution is 6.22. The van der Waals surface area contributed by atoms with E-state index < -0.39 is 57.1 Å². The van der Waals surface area contributed by atoms with Crippen LogP contribution < -0.4 is 9.47 Å². The minimum absolute atomic E-state index is 0.00769. The van der Waals surface area contributed by atoms with Crippen molar-refractivity contribution >= 4 is 29.6 Å². The van der Waals surface area contributed by atoms with Gasteiger partial charge in [0.1, 0.15) is 5.56 Å². The zero-order valence-electron chi connectivity index (χ0n) is 18.1. The van der Waals surface area contributed by atoms with E-state index >= 15 is 0 Å². The van der Waals surface area contributed by atoms with E-state index in [0.29, 0.717) is 0 Å². The van der Waals surface area contributed by atoms with E-state index in [1.165, 1.54) is 55.5 Å². The number of nitro benzene ring substituents is 1. The standard InChI is InChI=1S/C24H17NO10/c1-2-33-24(30)35-22-17(34-23(28)29)13-16(20(26)14-9-5-3-6-10-14)18(19(22)25(31)32)21(27)15-11-7-4-8-12-15/h3-13H,2H2,1H3,(H,28,29). The molecule has 0 aliphatic carbocycles. The topological polar surface area (TPSA) is 159 Å². The first-order valence-electron chi connectivity index (χ1n) is 10.0. The van der Waals surface area contributed by atoms with Gasteiger partial charge in [0, 0.05) is 16.7 Å². The van der Waals surface area contributed by atoms with Gasteiger partial charge in [-0.3, -0.25) is 19.7 Å². The molecule has 0 heterocycles. The van der Waals surface area contributed by atoms with Gasteiger partial charge in [-0.15, -0.1) is 0 Å². The molecule has 3 aromatic rings. The summed E-state index contributed by atoms with van der Waals surface area (Å²) in [6.45, 7) is 1.28. The first-order valence-corrected chi connectivity index (χ1v) is 10.0. The van der Waals surface area contributed by atoms with Crippen LogP contribution in [0.15, 0.2) is 66.7 Å². The number of benzene rings is 3. The van der Waals surface area contributed by atoms with Gasteiger partial charge >= 0.3 is 18.0 Å². The van der Waals surface area contributed by atoms with Crippen molar-refractivity contribution < 1.29 is 43.4 Å². The van der Waals surface area contributed by atoms with Crippen LogP contribution in [0.25, 0.3) is 0 Å². The number of carbonyl (C=O) groups excluding carboxylic acids is 3. The second kappa shape index (κ2) is 10.7. The highest BCUT2D eigenvalue weighted by Gasteiger charge is 2.37. The number of hydrogen-bond acceptors (Lipinski definition) is 9. The molecule has 1 N–H and O–H groups in total. The lowest BCUT2D eigenvalue weighted by molar-refractivity contribution is -0.385. The Morgan fingerprint density at radius 1 is 0.886 bits per heavy atom. The first-order chi connectivity index (χ1) is 16.7. The lowest BCUT2D eigenvalue weighted by Gasteiger charge is -2.15. The average Bonchev–Trinajstić information content (AvgIpc) is 2.84. The smallest absolute Gasteiger partial charge is 0.449 e. The number of ether oxygens (including phenoxy) is 3. The fraction of sp³-hybridized carbons (Fsp3) is 0.0833. The molecule has 35 heavy (non-hydrogen) atoms. The Hall–Kier alpha value is -5.06. The second-order valence-corrected chi connectivity index (χ2v) is 6.78. The zero-order valence-corrected chi connectivity index (χ0v) is 18.1. The van der Waals surface area contributed by atoms with Crippen molar-refractivity contribution in [2.75, 3.05) is 6.61 Å². The molecular formula is C24H17NO10. The quantitative estimate of drug-likeness (QED) is 0.158. The Morgan fingerprint density at radius 2 is 1.43 bits per heavy atom. The van der Waals surface area contributed by atoms with Gasteiger partial charge in [0.15, 0.2) is 11.5 Å². The highest BCUT2D eigenvalue weighted by Crippen LogP contribution is 2.44. The second-order valence-electron chi connectivity index (χ2n) is 6.78. The Balaban J connectivity index is 2.40. The third-order valence-corrected chi connectivity index (χ3v) is 4.59. The maximum atomic E-state index is 13.4. The van der Waals surface area contributed by atoms with Crippen LogP contribution in [-0.4, -0.2) is 40.5 Å². The summed E-state index contributed by atoms with van der Waals surface area (Å²) in [5.41, 5.74) is -2.32. The summed E-state index contributed by atoms with van der Waals surface area (Å²) in [6, 6.07) is 15.7. The van der Waals surface area contributed by atoms with Gasteiger partial charge in [-0.05, 0) is 13.0 Å². The number of carboxylic acid groups (broad SMARTS) is 1. The van der Waals surface area contributed by atoms with Crippen LogP contribution in [0, 0.1) is 10.1 Å². The zero-order chi connectivity index (χ0) is 25.5. The van der Waals surface area contributed by atoms with Crippen LogP contribution in [0.1, 0.15) is 38.8 Å². The Kier molecular flexibility index (Phi) is 7.52. The summed E-state index contributed by atoms with van der Waals surface area (Å²) in [7, 11) is 0. The van der Waals surface area contributed by atoms with Crippen LogP contribution in [-0.2, 0) is 4.74 Å².